The number of methoxy groups -OCH3 is 1. The first kappa shape index (κ1) is 20.6. The predicted molar refractivity (Wildman–Crippen MR) is 115 cm³/mol. The van der Waals surface area contributed by atoms with Crippen molar-refractivity contribution in [2.24, 2.45) is 0 Å². The van der Waals surface area contributed by atoms with Gasteiger partial charge in [-0.25, -0.2) is 0 Å². The van der Waals surface area contributed by atoms with Crippen molar-refractivity contribution in [2.75, 3.05) is 31.6 Å². The van der Waals surface area contributed by atoms with Crippen molar-refractivity contribution in [2.45, 2.75) is 44.8 Å². The average Bonchev–Trinajstić information content (AvgIpc) is 2.75. The molecule has 0 spiro atoms. The largest absolute Gasteiger partial charge is 0.375 e. The second-order valence-corrected chi connectivity index (χ2v) is 7.79. The SMILES string of the molecule is CCC(=O)N(c1ccccc1)[C@@H]1CCN(CCc2ccccc2)C[C@]1(C)OC. The number of ether oxygens (including phenoxy) is 1. The summed E-state index contributed by atoms with van der Waals surface area (Å²) < 4.78 is 6.04. The lowest BCUT2D eigenvalue weighted by Gasteiger charge is -2.49. The van der Waals surface area contributed by atoms with Gasteiger partial charge in [0.25, 0.3) is 0 Å². The zero-order valence-electron chi connectivity index (χ0n) is 17.3. The van der Waals surface area contributed by atoms with Gasteiger partial charge in [0.2, 0.25) is 5.91 Å². The maximum atomic E-state index is 12.9. The Balaban J connectivity index is 1.76. The van der Waals surface area contributed by atoms with Crippen LogP contribution in [-0.2, 0) is 16.0 Å². The Morgan fingerprint density at radius 2 is 1.79 bits per heavy atom. The van der Waals surface area contributed by atoms with Crippen molar-refractivity contribution < 1.29 is 9.53 Å². The van der Waals surface area contributed by atoms with Gasteiger partial charge in [0, 0.05) is 38.9 Å². The number of carbonyl (C=O) groups excluding carboxylic acids is 1. The molecule has 1 aliphatic heterocycles. The minimum absolute atomic E-state index is 0.0281. The minimum atomic E-state index is -0.407. The van der Waals surface area contributed by atoms with Gasteiger partial charge in [-0.05, 0) is 37.5 Å². The highest BCUT2D eigenvalue weighted by atomic mass is 16.5. The highest BCUT2D eigenvalue weighted by molar-refractivity contribution is 5.94. The van der Waals surface area contributed by atoms with Crippen LogP contribution >= 0.6 is 0 Å². The molecule has 1 fully saturated rings. The van der Waals surface area contributed by atoms with Crippen molar-refractivity contribution in [3.05, 3.63) is 66.2 Å². The molecule has 4 heteroatoms. The van der Waals surface area contributed by atoms with E-state index in [1.165, 1.54) is 5.56 Å². The van der Waals surface area contributed by atoms with E-state index in [4.69, 9.17) is 4.74 Å². The van der Waals surface area contributed by atoms with E-state index in [-0.39, 0.29) is 11.9 Å². The van der Waals surface area contributed by atoms with Gasteiger partial charge in [-0.3, -0.25) is 9.69 Å². The van der Waals surface area contributed by atoms with Crippen LogP contribution in [0.25, 0.3) is 0 Å². The normalized spacial score (nSPS) is 22.8. The molecule has 1 aliphatic rings. The second-order valence-electron chi connectivity index (χ2n) is 7.79. The Hall–Kier alpha value is -2.17. The fourth-order valence-corrected chi connectivity index (χ4v) is 4.22. The summed E-state index contributed by atoms with van der Waals surface area (Å²) in [5.74, 6) is 0.150. The molecule has 0 N–H and O–H groups in total. The lowest BCUT2D eigenvalue weighted by Crippen LogP contribution is -2.63. The summed E-state index contributed by atoms with van der Waals surface area (Å²) in [6.45, 7) is 6.86. The number of likely N-dealkylation sites (tertiary alicyclic amines) is 1. The molecule has 150 valence electrons. The molecule has 0 unspecified atom stereocenters. The van der Waals surface area contributed by atoms with E-state index in [9.17, 15) is 4.79 Å². The summed E-state index contributed by atoms with van der Waals surface area (Å²) in [6.07, 6.45) is 2.42. The summed E-state index contributed by atoms with van der Waals surface area (Å²) in [5, 5.41) is 0. The van der Waals surface area contributed by atoms with Crippen LogP contribution in [0, 0.1) is 0 Å². The Kier molecular flexibility index (Phi) is 6.87. The predicted octanol–water partition coefficient (Wildman–Crippen LogP) is 4.15. The van der Waals surface area contributed by atoms with E-state index >= 15 is 0 Å². The third kappa shape index (κ3) is 4.62. The van der Waals surface area contributed by atoms with Crippen LogP contribution in [0.15, 0.2) is 60.7 Å². The highest BCUT2D eigenvalue weighted by Crippen LogP contribution is 2.33. The molecule has 2 atom stereocenters. The molecule has 0 aliphatic carbocycles. The van der Waals surface area contributed by atoms with Crippen LogP contribution in [0.4, 0.5) is 5.69 Å². The lowest BCUT2D eigenvalue weighted by molar-refractivity contribution is -0.122. The number of hydrogen-bond acceptors (Lipinski definition) is 3. The van der Waals surface area contributed by atoms with Crippen molar-refractivity contribution in [1.82, 2.24) is 4.90 Å². The third-order valence-electron chi connectivity index (χ3n) is 5.90. The van der Waals surface area contributed by atoms with Gasteiger partial charge in [-0.1, -0.05) is 55.5 Å². The second kappa shape index (κ2) is 9.35. The molecule has 2 aromatic rings. The summed E-state index contributed by atoms with van der Waals surface area (Å²) in [4.78, 5) is 17.3. The summed E-state index contributed by atoms with van der Waals surface area (Å²) >= 11 is 0. The summed E-state index contributed by atoms with van der Waals surface area (Å²) in [6, 6.07) is 20.6. The molecule has 0 saturated carbocycles. The van der Waals surface area contributed by atoms with Gasteiger partial charge in [0.05, 0.1) is 11.6 Å². The van der Waals surface area contributed by atoms with Gasteiger partial charge in [-0.2, -0.15) is 0 Å². The van der Waals surface area contributed by atoms with Crippen LogP contribution in [0.3, 0.4) is 0 Å². The zero-order valence-corrected chi connectivity index (χ0v) is 17.3. The number of para-hydroxylation sites is 1. The van der Waals surface area contributed by atoms with E-state index in [1.54, 1.807) is 7.11 Å². The Morgan fingerprint density at radius 1 is 1.14 bits per heavy atom. The maximum Gasteiger partial charge on any atom is 0.227 e. The first-order valence-corrected chi connectivity index (χ1v) is 10.3. The van der Waals surface area contributed by atoms with Crippen molar-refractivity contribution >= 4 is 11.6 Å². The molecule has 1 amide bonds. The van der Waals surface area contributed by atoms with Gasteiger partial charge in [0.15, 0.2) is 0 Å². The number of anilines is 1. The van der Waals surface area contributed by atoms with Crippen LogP contribution in [0.5, 0.6) is 0 Å². The fraction of sp³-hybridized carbons (Fsp3) is 0.458. The number of benzene rings is 2. The average molecular weight is 381 g/mol. The Labute approximate surface area is 169 Å². The van der Waals surface area contributed by atoms with E-state index in [0.29, 0.717) is 6.42 Å². The molecule has 4 nitrogen and oxygen atoms in total. The standard InChI is InChI=1S/C24H32N2O2/c1-4-23(27)26(21-13-9-6-10-14-21)22-16-18-25(19-24(22,2)28-3)17-15-20-11-7-5-8-12-20/h5-14,22H,4,15-19H2,1-3H3/t22-,24+/m1/s1. The van der Waals surface area contributed by atoms with Crippen LogP contribution in [0.1, 0.15) is 32.3 Å². The topological polar surface area (TPSA) is 32.8 Å². The molecule has 0 bridgehead atoms. The van der Waals surface area contributed by atoms with Gasteiger partial charge in [0.1, 0.15) is 0 Å². The molecule has 28 heavy (non-hydrogen) atoms. The van der Waals surface area contributed by atoms with Crippen LogP contribution in [0.2, 0.25) is 0 Å². The molecular weight excluding hydrogens is 348 g/mol. The Morgan fingerprint density at radius 3 is 2.39 bits per heavy atom. The molecule has 2 aromatic carbocycles. The van der Waals surface area contributed by atoms with Crippen LogP contribution < -0.4 is 4.90 Å². The van der Waals surface area contributed by atoms with Gasteiger partial charge in [-0.15, -0.1) is 0 Å². The van der Waals surface area contributed by atoms with Crippen LogP contribution in [-0.4, -0.2) is 49.2 Å². The number of piperidine rings is 1. The first-order chi connectivity index (χ1) is 13.6. The van der Waals surface area contributed by atoms with Crippen molar-refractivity contribution in [3.8, 4) is 0 Å². The van der Waals surface area contributed by atoms with E-state index in [0.717, 1.165) is 38.2 Å². The molecular formula is C24H32N2O2. The maximum absolute atomic E-state index is 12.9. The smallest absolute Gasteiger partial charge is 0.227 e. The molecule has 0 aromatic heterocycles. The number of hydrogen-bond donors (Lipinski definition) is 0. The number of carbonyl (C=O) groups is 1. The number of rotatable bonds is 7. The summed E-state index contributed by atoms with van der Waals surface area (Å²) in [5.41, 5.74) is 1.91. The molecule has 1 saturated heterocycles. The quantitative estimate of drug-likeness (QED) is 0.723. The van der Waals surface area contributed by atoms with Crippen molar-refractivity contribution in [1.29, 1.82) is 0 Å². The fourth-order valence-electron chi connectivity index (χ4n) is 4.22. The van der Waals surface area contributed by atoms with E-state index < -0.39 is 5.60 Å². The third-order valence-corrected chi connectivity index (χ3v) is 5.90. The van der Waals surface area contributed by atoms with Crippen molar-refractivity contribution in [3.63, 3.8) is 0 Å². The molecule has 3 rings (SSSR count). The highest BCUT2D eigenvalue weighted by Gasteiger charge is 2.44. The number of nitrogens with zero attached hydrogens (tertiary/aromatic N) is 2. The zero-order chi connectivity index (χ0) is 20.0. The minimum Gasteiger partial charge on any atom is -0.375 e. The molecule has 0 radical (unpaired) electrons. The van der Waals surface area contributed by atoms with Gasteiger partial charge < -0.3 is 9.64 Å². The lowest BCUT2D eigenvalue weighted by atomic mass is 9.86. The number of amides is 1. The first-order valence-electron chi connectivity index (χ1n) is 10.3. The monoisotopic (exact) mass is 380 g/mol. The van der Waals surface area contributed by atoms with E-state index in [2.05, 4.69) is 42.2 Å². The Bertz CT molecular complexity index is 750. The van der Waals surface area contributed by atoms with E-state index in [1.807, 2.05) is 42.2 Å². The van der Waals surface area contributed by atoms with Gasteiger partial charge >= 0.3 is 0 Å². The summed E-state index contributed by atoms with van der Waals surface area (Å²) in [7, 11) is 1.77. The molecule has 1 heterocycles.